The average Bonchev–Trinajstić information content (AvgIpc) is 2.53. The number of urea groups is 1. The third-order valence-electron chi connectivity index (χ3n) is 2.70. The Labute approximate surface area is 97.8 Å². The van der Waals surface area contributed by atoms with Crippen molar-refractivity contribution in [2.75, 3.05) is 14.2 Å². The maximum atomic E-state index is 11.6. The Morgan fingerprint density at radius 3 is 2.59 bits per heavy atom. The van der Waals surface area contributed by atoms with E-state index in [0.29, 0.717) is 11.3 Å². The number of rotatable bonds is 2. The number of likely N-dealkylation sites (N-methyl/N-ethyl adjacent to an activating group) is 1. The van der Waals surface area contributed by atoms with Gasteiger partial charge in [-0.1, -0.05) is 6.07 Å². The van der Waals surface area contributed by atoms with Gasteiger partial charge in [0.25, 0.3) is 5.91 Å². The van der Waals surface area contributed by atoms with E-state index in [1.807, 2.05) is 0 Å². The third kappa shape index (κ3) is 1.77. The van der Waals surface area contributed by atoms with Crippen molar-refractivity contribution in [3.63, 3.8) is 0 Å². The standard InChI is InChI=1S/C11H12N2O4/c1-13-9(10(15)12-11(13)16)6-3-4-8(17-2)7(14)5-6/h3-5,9,14H,1-2H3,(H,12,15,16). The first kappa shape index (κ1) is 11.3. The number of benzene rings is 1. The molecule has 6 heteroatoms. The molecule has 1 unspecified atom stereocenters. The average molecular weight is 236 g/mol. The first-order chi connectivity index (χ1) is 8.04. The second-order valence-electron chi connectivity index (χ2n) is 3.74. The van der Waals surface area contributed by atoms with Crippen LogP contribution in [-0.2, 0) is 4.79 Å². The molecule has 0 aromatic heterocycles. The van der Waals surface area contributed by atoms with E-state index in [-0.39, 0.29) is 5.75 Å². The zero-order valence-corrected chi connectivity index (χ0v) is 9.43. The number of aromatic hydroxyl groups is 1. The number of phenols is 1. The first-order valence-corrected chi connectivity index (χ1v) is 4.99. The summed E-state index contributed by atoms with van der Waals surface area (Å²) < 4.78 is 4.91. The maximum absolute atomic E-state index is 11.6. The van der Waals surface area contributed by atoms with E-state index >= 15 is 0 Å². The Morgan fingerprint density at radius 2 is 2.12 bits per heavy atom. The zero-order chi connectivity index (χ0) is 12.6. The Kier molecular flexibility index (Phi) is 2.63. The molecule has 1 heterocycles. The summed E-state index contributed by atoms with van der Waals surface area (Å²) in [6, 6.07) is 3.44. The molecule has 0 radical (unpaired) electrons. The predicted octanol–water partition coefficient (Wildman–Crippen LogP) is 0.623. The normalized spacial score (nSPS) is 19.4. The molecule has 90 valence electrons. The molecule has 1 aliphatic rings. The Bertz CT molecular complexity index is 486. The minimum Gasteiger partial charge on any atom is -0.504 e. The van der Waals surface area contributed by atoms with Crippen molar-refractivity contribution < 1.29 is 19.4 Å². The van der Waals surface area contributed by atoms with Gasteiger partial charge in [0.1, 0.15) is 6.04 Å². The highest BCUT2D eigenvalue weighted by Gasteiger charge is 2.37. The molecule has 0 aliphatic carbocycles. The van der Waals surface area contributed by atoms with E-state index in [1.165, 1.54) is 25.1 Å². The summed E-state index contributed by atoms with van der Waals surface area (Å²) in [4.78, 5) is 24.1. The first-order valence-electron chi connectivity index (χ1n) is 4.99. The van der Waals surface area contributed by atoms with E-state index < -0.39 is 18.0 Å². The van der Waals surface area contributed by atoms with Crippen molar-refractivity contribution in [3.8, 4) is 11.5 Å². The smallest absolute Gasteiger partial charge is 0.324 e. The Morgan fingerprint density at radius 1 is 1.41 bits per heavy atom. The largest absolute Gasteiger partial charge is 0.504 e. The lowest BCUT2D eigenvalue weighted by atomic mass is 10.1. The fraction of sp³-hybridized carbons (Fsp3) is 0.273. The van der Waals surface area contributed by atoms with Crippen molar-refractivity contribution in [2.24, 2.45) is 0 Å². The topological polar surface area (TPSA) is 78.9 Å². The summed E-state index contributed by atoms with van der Waals surface area (Å²) in [5.41, 5.74) is 0.536. The minimum absolute atomic E-state index is 0.0643. The van der Waals surface area contributed by atoms with Gasteiger partial charge in [-0.3, -0.25) is 10.1 Å². The molecule has 0 spiro atoms. The van der Waals surface area contributed by atoms with Gasteiger partial charge >= 0.3 is 6.03 Å². The van der Waals surface area contributed by atoms with E-state index in [2.05, 4.69) is 5.32 Å². The molecule has 1 saturated heterocycles. The van der Waals surface area contributed by atoms with E-state index in [0.717, 1.165) is 0 Å². The van der Waals surface area contributed by atoms with Crippen LogP contribution in [0.15, 0.2) is 18.2 Å². The molecule has 2 N–H and O–H groups in total. The molecule has 1 aromatic carbocycles. The van der Waals surface area contributed by atoms with Crippen molar-refractivity contribution in [1.29, 1.82) is 0 Å². The maximum Gasteiger partial charge on any atom is 0.324 e. The fourth-order valence-electron chi connectivity index (χ4n) is 1.81. The number of hydrogen-bond acceptors (Lipinski definition) is 4. The molecule has 3 amide bonds. The van der Waals surface area contributed by atoms with Crippen LogP contribution >= 0.6 is 0 Å². The highest BCUT2D eigenvalue weighted by Crippen LogP contribution is 2.32. The van der Waals surface area contributed by atoms with E-state index in [9.17, 15) is 14.7 Å². The zero-order valence-electron chi connectivity index (χ0n) is 9.43. The third-order valence-corrected chi connectivity index (χ3v) is 2.70. The predicted molar refractivity (Wildman–Crippen MR) is 58.7 cm³/mol. The molecule has 2 rings (SSSR count). The van der Waals surface area contributed by atoms with Crippen molar-refractivity contribution >= 4 is 11.9 Å². The Balaban J connectivity index is 2.38. The molecule has 0 saturated carbocycles. The summed E-state index contributed by atoms with van der Waals surface area (Å²) in [7, 11) is 2.96. The van der Waals surface area contributed by atoms with Crippen molar-refractivity contribution in [2.45, 2.75) is 6.04 Å². The van der Waals surface area contributed by atoms with Gasteiger partial charge in [0.15, 0.2) is 11.5 Å². The van der Waals surface area contributed by atoms with Gasteiger partial charge < -0.3 is 14.7 Å². The fourth-order valence-corrected chi connectivity index (χ4v) is 1.81. The lowest BCUT2D eigenvalue weighted by Gasteiger charge is -2.17. The number of amides is 3. The number of imide groups is 1. The summed E-state index contributed by atoms with van der Waals surface area (Å²) >= 11 is 0. The molecule has 1 atom stereocenters. The van der Waals surface area contributed by atoms with Crippen LogP contribution in [0.3, 0.4) is 0 Å². The van der Waals surface area contributed by atoms with Crippen molar-refractivity contribution in [3.05, 3.63) is 23.8 Å². The number of carbonyl (C=O) groups excluding carboxylic acids is 2. The highest BCUT2D eigenvalue weighted by molar-refractivity contribution is 6.04. The summed E-state index contributed by atoms with van der Waals surface area (Å²) in [6.07, 6.45) is 0. The van der Waals surface area contributed by atoms with E-state index in [1.54, 1.807) is 12.1 Å². The number of hydrogen-bond donors (Lipinski definition) is 2. The van der Waals surface area contributed by atoms with Crippen LogP contribution in [-0.4, -0.2) is 36.1 Å². The number of carbonyl (C=O) groups is 2. The number of nitrogens with zero attached hydrogens (tertiary/aromatic N) is 1. The van der Waals surface area contributed by atoms with Gasteiger partial charge in [0.2, 0.25) is 0 Å². The minimum atomic E-state index is -0.709. The molecule has 1 aromatic rings. The highest BCUT2D eigenvalue weighted by atomic mass is 16.5. The molecule has 17 heavy (non-hydrogen) atoms. The summed E-state index contributed by atoms with van der Waals surface area (Å²) in [6.45, 7) is 0. The van der Waals surface area contributed by atoms with Crippen LogP contribution in [0.25, 0.3) is 0 Å². The molecular weight excluding hydrogens is 224 g/mol. The van der Waals surface area contributed by atoms with Gasteiger partial charge in [-0.15, -0.1) is 0 Å². The van der Waals surface area contributed by atoms with Gasteiger partial charge in [0, 0.05) is 7.05 Å². The summed E-state index contributed by atoms with van der Waals surface area (Å²) in [5.74, 6) is -0.145. The Hall–Kier alpha value is -2.24. The number of phenolic OH excluding ortho intramolecular Hbond substituents is 1. The molecule has 1 fully saturated rings. The lowest BCUT2D eigenvalue weighted by molar-refractivity contribution is -0.121. The second kappa shape index (κ2) is 3.97. The molecule has 1 aliphatic heterocycles. The van der Waals surface area contributed by atoms with Crippen LogP contribution < -0.4 is 10.1 Å². The van der Waals surface area contributed by atoms with Gasteiger partial charge in [-0.25, -0.2) is 4.79 Å². The van der Waals surface area contributed by atoms with Crippen LogP contribution in [0.5, 0.6) is 11.5 Å². The SMILES string of the molecule is COc1ccc(C2C(=O)NC(=O)N2C)cc1O. The number of ether oxygens (including phenoxy) is 1. The van der Waals surface area contributed by atoms with Crippen LogP contribution in [0.4, 0.5) is 4.79 Å². The van der Waals surface area contributed by atoms with Gasteiger partial charge in [-0.2, -0.15) is 0 Å². The van der Waals surface area contributed by atoms with Crippen LogP contribution in [0, 0.1) is 0 Å². The number of methoxy groups -OCH3 is 1. The monoisotopic (exact) mass is 236 g/mol. The summed E-state index contributed by atoms with van der Waals surface area (Å²) in [5, 5.41) is 11.8. The van der Waals surface area contributed by atoms with Gasteiger partial charge in [0.05, 0.1) is 7.11 Å². The molecular formula is C11H12N2O4. The molecule has 6 nitrogen and oxygen atoms in total. The van der Waals surface area contributed by atoms with E-state index in [4.69, 9.17) is 4.74 Å². The second-order valence-corrected chi connectivity index (χ2v) is 3.74. The quantitative estimate of drug-likeness (QED) is 0.738. The van der Waals surface area contributed by atoms with Crippen LogP contribution in [0.1, 0.15) is 11.6 Å². The number of nitrogens with one attached hydrogen (secondary N) is 1. The molecule has 0 bridgehead atoms. The van der Waals surface area contributed by atoms with Crippen molar-refractivity contribution in [1.82, 2.24) is 10.2 Å². The van der Waals surface area contributed by atoms with Crippen LogP contribution in [0.2, 0.25) is 0 Å². The van der Waals surface area contributed by atoms with Gasteiger partial charge in [-0.05, 0) is 17.7 Å². The lowest BCUT2D eigenvalue weighted by Crippen LogP contribution is -2.25.